The zero-order valence-electron chi connectivity index (χ0n) is 10.3. The highest BCUT2D eigenvalue weighted by atomic mass is 32.1. The SMILES string of the molecule is Cc1cnc(C(C)NCC(C)C2CNC2)s1. The smallest absolute Gasteiger partial charge is 0.109 e. The highest BCUT2D eigenvalue weighted by Gasteiger charge is 2.23. The van der Waals surface area contributed by atoms with Crippen LogP contribution in [0.4, 0.5) is 0 Å². The van der Waals surface area contributed by atoms with Crippen LogP contribution in [0.25, 0.3) is 0 Å². The summed E-state index contributed by atoms with van der Waals surface area (Å²) in [4.78, 5) is 5.71. The van der Waals surface area contributed by atoms with E-state index in [2.05, 4.69) is 36.4 Å². The molecule has 1 saturated heterocycles. The summed E-state index contributed by atoms with van der Waals surface area (Å²) in [5.41, 5.74) is 0. The van der Waals surface area contributed by atoms with Gasteiger partial charge in [0, 0.05) is 11.1 Å². The molecule has 0 saturated carbocycles. The number of aryl methyl sites for hydroxylation is 1. The molecule has 4 heteroatoms. The molecule has 1 aliphatic rings. The van der Waals surface area contributed by atoms with Crippen LogP contribution in [-0.2, 0) is 0 Å². The molecule has 0 bridgehead atoms. The van der Waals surface area contributed by atoms with Crippen molar-refractivity contribution in [3.63, 3.8) is 0 Å². The van der Waals surface area contributed by atoms with Gasteiger partial charge in [0.15, 0.2) is 0 Å². The van der Waals surface area contributed by atoms with Gasteiger partial charge in [-0.15, -0.1) is 11.3 Å². The van der Waals surface area contributed by atoms with Crippen molar-refractivity contribution >= 4 is 11.3 Å². The van der Waals surface area contributed by atoms with E-state index in [4.69, 9.17) is 0 Å². The van der Waals surface area contributed by atoms with Gasteiger partial charge >= 0.3 is 0 Å². The van der Waals surface area contributed by atoms with Gasteiger partial charge in [0.2, 0.25) is 0 Å². The molecule has 0 aliphatic carbocycles. The third-order valence-electron chi connectivity index (χ3n) is 3.37. The van der Waals surface area contributed by atoms with Crippen LogP contribution in [-0.4, -0.2) is 24.6 Å². The molecular formula is C12H21N3S. The zero-order valence-corrected chi connectivity index (χ0v) is 11.1. The van der Waals surface area contributed by atoms with E-state index in [0.29, 0.717) is 6.04 Å². The lowest BCUT2D eigenvalue weighted by Gasteiger charge is -2.33. The van der Waals surface area contributed by atoms with Crippen molar-refractivity contribution in [2.24, 2.45) is 11.8 Å². The molecule has 2 atom stereocenters. The van der Waals surface area contributed by atoms with Crippen molar-refractivity contribution in [1.29, 1.82) is 0 Å². The Morgan fingerprint density at radius 1 is 1.56 bits per heavy atom. The number of aromatic nitrogens is 1. The molecular weight excluding hydrogens is 218 g/mol. The first-order valence-corrected chi connectivity index (χ1v) is 6.85. The van der Waals surface area contributed by atoms with Gasteiger partial charge in [0.1, 0.15) is 5.01 Å². The second kappa shape index (κ2) is 5.25. The van der Waals surface area contributed by atoms with Crippen molar-refractivity contribution in [1.82, 2.24) is 15.6 Å². The maximum atomic E-state index is 4.42. The van der Waals surface area contributed by atoms with E-state index in [9.17, 15) is 0 Å². The maximum absolute atomic E-state index is 4.42. The molecule has 3 nitrogen and oxygen atoms in total. The minimum Gasteiger partial charge on any atom is -0.316 e. The van der Waals surface area contributed by atoms with Crippen molar-refractivity contribution in [2.45, 2.75) is 26.8 Å². The fraction of sp³-hybridized carbons (Fsp3) is 0.750. The molecule has 1 aliphatic heterocycles. The summed E-state index contributed by atoms with van der Waals surface area (Å²) < 4.78 is 0. The Bertz CT molecular complexity index is 333. The highest BCUT2D eigenvalue weighted by molar-refractivity contribution is 7.11. The summed E-state index contributed by atoms with van der Waals surface area (Å²) in [7, 11) is 0. The molecule has 2 unspecified atom stereocenters. The number of rotatable bonds is 5. The van der Waals surface area contributed by atoms with Gasteiger partial charge < -0.3 is 10.6 Å². The molecule has 2 rings (SSSR count). The number of nitrogens with zero attached hydrogens (tertiary/aromatic N) is 1. The van der Waals surface area contributed by atoms with Crippen molar-refractivity contribution in [3.05, 3.63) is 16.1 Å². The first-order chi connectivity index (χ1) is 7.66. The average molecular weight is 239 g/mol. The summed E-state index contributed by atoms with van der Waals surface area (Å²) in [6.07, 6.45) is 1.96. The largest absolute Gasteiger partial charge is 0.316 e. The van der Waals surface area contributed by atoms with Gasteiger partial charge in [0.25, 0.3) is 0 Å². The van der Waals surface area contributed by atoms with Gasteiger partial charge in [-0.1, -0.05) is 6.92 Å². The number of nitrogens with one attached hydrogen (secondary N) is 2. The molecule has 1 fully saturated rings. The standard InChI is InChI=1S/C12H21N3S/c1-8(11-6-13-7-11)4-14-10(3)12-15-5-9(2)16-12/h5,8,10-11,13-14H,4,6-7H2,1-3H3. The van der Waals surface area contributed by atoms with Gasteiger partial charge in [-0.05, 0) is 45.3 Å². The van der Waals surface area contributed by atoms with Crippen LogP contribution in [0.2, 0.25) is 0 Å². The summed E-state index contributed by atoms with van der Waals surface area (Å²) in [6, 6.07) is 0.384. The molecule has 1 aromatic rings. The third kappa shape index (κ3) is 2.81. The van der Waals surface area contributed by atoms with E-state index in [1.165, 1.54) is 23.0 Å². The van der Waals surface area contributed by atoms with Crippen molar-refractivity contribution in [2.75, 3.05) is 19.6 Å². The summed E-state index contributed by atoms with van der Waals surface area (Å²) in [5, 5.41) is 8.11. The Morgan fingerprint density at radius 2 is 2.31 bits per heavy atom. The van der Waals surface area contributed by atoms with Gasteiger partial charge in [-0.25, -0.2) is 4.98 Å². The molecule has 90 valence electrons. The van der Waals surface area contributed by atoms with Crippen LogP contribution in [0.15, 0.2) is 6.20 Å². The van der Waals surface area contributed by atoms with E-state index in [0.717, 1.165) is 18.4 Å². The minimum absolute atomic E-state index is 0.384. The van der Waals surface area contributed by atoms with Crippen molar-refractivity contribution < 1.29 is 0 Å². The van der Waals surface area contributed by atoms with Gasteiger partial charge in [0.05, 0.1) is 6.04 Å². The first kappa shape index (κ1) is 12.0. The van der Waals surface area contributed by atoms with Crippen LogP contribution < -0.4 is 10.6 Å². The van der Waals surface area contributed by atoms with E-state index in [-0.39, 0.29) is 0 Å². The molecule has 0 aromatic carbocycles. The lowest BCUT2D eigenvalue weighted by atomic mass is 9.89. The number of hydrogen-bond donors (Lipinski definition) is 2. The molecule has 1 aromatic heterocycles. The summed E-state index contributed by atoms with van der Waals surface area (Å²) in [5.74, 6) is 1.61. The normalized spacial score (nSPS) is 20.4. The van der Waals surface area contributed by atoms with E-state index in [1.807, 2.05) is 6.20 Å². The lowest BCUT2D eigenvalue weighted by molar-refractivity contribution is 0.238. The van der Waals surface area contributed by atoms with E-state index < -0.39 is 0 Å². The fourth-order valence-electron chi connectivity index (χ4n) is 1.90. The third-order valence-corrected chi connectivity index (χ3v) is 4.47. The Balaban J connectivity index is 1.76. The highest BCUT2D eigenvalue weighted by Crippen LogP contribution is 2.20. The van der Waals surface area contributed by atoms with Gasteiger partial charge in [-0.3, -0.25) is 0 Å². The van der Waals surface area contributed by atoms with Crippen LogP contribution in [0.5, 0.6) is 0 Å². The van der Waals surface area contributed by atoms with Crippen molar-refractivity contribution in [3.8, 4) is 0 Å². The van der Waals surface area contributed by atoms with E-state index >= 15 is 0 Å². The zero-order chi connectivity index (χ0) is 11.5. The van der Waals surface area contributed by atoms with E-state index in [1.54, 1.807) is 11.3 Å². The number of hydrogen-bond acceptors (Lipinski definition) is 4. The Kier molecular flexibility index (Phi) is 3.95. The predicted molar refractivity (Wildman–Crippen MR) is 68.8 cm³/mol. The molecule has 0 spiro atoms. The Hall–Kier alpha value is -0.450. The minimum atomic E-state index is 0.384. The molecule has 2 heterocycles. The molecule has 2 N–H and O–H groups in total. The van der Waals surface area contributed by atoms with Gasteiger partial charge in [-0.2, -0.15) is 0 Å². The quantitative estimate of drug-likeness (QED) is 0.825. The van der Waals surface area contributed by atoms with Crippen LogP contribution in [0, 0.1) is 18.8 Å². The summed E-state index contributed by atoms with van der Waals surface area (Å²) >= 11 is 1.79. The molecule has 0 amide bonds. The average Bonchev–Trinajstić information content (AvgIpc) is 2.58. The fourth-order valence-corrected chi connectivity index (χ4v) is 2.70. The topological polar surface area (TPSA) is 37.0 Å². The van der Waals surface area contributed by atoms with Crippen LogP contribution in [0.1, 0.15) is 29.8 Å². The Labute approximate surface area is 102 Å². The monoisotopic (exact) mass is 239 g/mol. The first-order valence-electron chi connectivity index (χ1n) is 6.03. The number of thiazole rings is 1. The predicted octanol–water partition coefficient (Wildman–Crippen LogP) is 1.96. The lowest BCUT2D eigenvalue weighted by Crippen LogP contribution is -2.47. The maximum Gasteiger partial charge on any atom is 0.109 e. The van der Waals surface area contributed by atoms with Crippen LogP contribution >= 0.6 is 11.3 Å². The summed E-state index contributed by atoms with van der Waals surface area (Å²) in [6.45, 7) is 10.1. The second-order valence-corrected chi connectivity index (χ2v) is 6.10. The molecule has 0 radical (unpaired) electrons. The molecule has 16 heavy (non-hydrogen) atoms. The van der Waals surface area contributed by atoms with Crippen LogP contribution in [0.3, 0.4) is 0 Å². The Morgan fingerprint density at radius 3 is 2.81 bits per heavy atom. The second-order valence-electron chi connectivity index (χ2n) is 4.83.